The Balaban J connectivity index is 1.78. The van der Waals surface area contributed by atoms with Gasteiger partial charge in [-0.05, 0) is 25.0 Å². The van der Waals surface area contributed by atoms with Crippen molar-refractivity contribution >= 4 is 23.7 Å². The van der Waals surface area contributed by atoms with Crippen molar-refractivity contribution in [2.45, 2.75) is 20.8 Å². The largest absolute Gasteiger partial charge is 0.465 e. The zero-order chi connectivity index (χ0) is 25.2. The molecule has 0 aliphatic carbocycles. The van der Waals surface area contributed by atoms with Crippen molar-refractivity contribution in [2.75, 3.05) is 31.6 Å². The van der Waals surface area contributed by atoms with Gasteiger partial charge < -0.3 is 20.3 Å². The van der Waals surface area contributed by atoms with Crippen LogP contribution in [0.5, 0.6) is 0 Å². The van der Waals surface area contributed by atoms with E-state index in [4.69, 9.17) is 9.84 Å². The van der Waals surface area contributed by atoms with Gasteiger partial charge in [0.1, 0.15) is 18.9 Å². The summed E-state index contributed by atoms with van der Waals surface area (Å²) in [4.78, 5) is 38.7. The first kappa shape index (κ1) is 25.5. The number of anilines is 1. The first-order valence-electron chi connectivity index (χ1n) is 11.6. The zero-order valence-electron chi connectivity index (χ0n) is 20.2. The Kier molecular flexibility index (Phi) is 9.00. The van der Waals surface area contributed by atoms with E-state index < -0.39 is 12.0 Å². The molecule has 2 N–H and O–H groups in total. The van der Waals surface area contributed by atoms with E-state index in [1.165, 1.54) is 4.90 Å². The first-order chi connectivity index (χ1) is 16.9. The van der Waals surface area contributed by atoms with Crippen molar-refractivity contribution < 1.29 is 19.1 Å². The predicted octanol–water partition coefficient (Wildman–Crippen LogP) is 3.71. The van der Waals surface area contributed by atoms with E-state index in [0.717, 1.165) is 11.3 Å². The summed E-state index contributed by atoms with van der Waals surface area (Å²) >= 11 is 0. The van der Waals surface area contributed by atoms with Crippen LogP contribution in [0.15, 0.2) is 66.7 Å². The first-order valence-corrected chi connectivity index (χ1v) is 11.6. The molecule has 3 aromatic rings. The molecule has 1 heterocycles. The average Bonchev–Trinajstić information content (AvgIpc) is 3.26. The van der Waals surface area contributed by atoms with Gasteiger partial charge in [0.05, 0.1) is 18.0 Å². The highest BCUT2D eigenvalue weighted by molar-refractivity contribution is 5.94. The van der Waals surface area contributed by atoms with Crippen LogP contribution < -0.4 is 10.6 Å². The van der Waals surface area contributed by atoms with Crippen molar-refractivity contribution in [1.82, 2.24) is 20.0 Å². The standard InChI is InChI=1S/C26H31N5O4/c1-4-35-25(33)16-27-26(34)30(17-19(2)3)18-24(32)28-23-15-22(20-11-7-5-8-12-20)29-31(23)21-13-9-6-10-14-21/h5-15,19H,4,16-18H2,1-3H3,(H,27,34)(H,28,32). The van der Waals surface area contributed by atoms with Gasteiger partial charge >= 0.3 is 12.0 Å². The Morgan fingerprint density at radius 2 is 1.69 bits per heavy atom. The lowest BCUT2D eigenvalue weighted by atomic mass is 10.1. The second kappa shape index (κ2) is 12.4. The Bertz CT molecular complexity index is 1130. The molecule has 3 rings (SSSR count). The van der Waals surface area contributed by atoms with Crippen LogP contribution >= 0.6 is 0 Å². The van der Waals surface area contributed by atoms with Gasteiger partial charge in [-0.25, -0.2) is 9.48 Å². The van der Waals surface area contributed by atoms with Gasteiger partial charge in [0, 0.05) is 18.2 Å². The summed E-state index contributed by atoms with van der Waals surface area (Å²) in [6, 6.07) is 20.4. The number of rotatable bonds is 10. The van der Waals surface area contributed by atoms with E-state index in [-0.39, 0.29) is 31.5 Å². The summed E-state index contributed by atoms with van der Waals surface area (Å²) in [6.07, 6.45) is 0. The molecule has 1 aromatic heterocycles. The number of nitrogens with zero attached hydrogens (tertiary/aromatic N) is 3. The van der Waals surface area contributed by atoms with Crippen LogP contribution in [0, 0.1) is 5.92 Å². The van der Waals surface area contributed by atoms with Crippen molar-refractivity contribution in [3.05, 3.63) is 66.7 Å². The number of aromatic nitrogens is 2. The minimum absolute atomic E-state index is 0.121. The monoisotopic (exact) mass is 477 g/mol. The molecule has 35 heavy (non-hydrogen) atoms. The van der Waals surface area contributed by atoms with Gasteiger partial charge in [0.2, 0.25) is 5.91 Å². The fraction of sp³-hybridized carbons (Fsp3) is 0.308. The SMILES string of the molecule is CCOC(=O)CNC(=O)N(CC(=O)Nc1cc(-c2ccccc2)nn1-c1ccccc1)CC(C)C. The maximum Gasteiger partial charge on any atom is 0.325 e. The van der Waals surface area contributed by atoms with Crippen LogP contribution in [-0.4, -0.2) is 58.8 Å². The summed E-state index contributed by atoms with van der Waals surface area (Å²) in [6.45, 7) is 5.71. The average molecular weight is 478 g/mol. The molecule has 9 heteroatoms. The van der Waals surface area contributed by atoms with Crippen molar-refractivity contribution in [3.8, 4) is 16.9 Å². The number of urea groups is 1. The summed E-state index contributed by atoms with van der Waals surface area (Å²) in [5.41, 5.74) is 2.41. The number of carbonyl (C=O) groups is 3. The lowest BCUT2D eigenvalue weighted by Crippen LogP contribution is -2.47. The molecule has 0 fully saturated rings. The predicted molar refractivity (Wildman–Crippen MR) is 134 cm³/mol. The topological polar surface area (TPSA) is 106 Å². The molecule has 0 bridgehead atoms. The maximum atomic E-state index is 13.0. The fourth-order valence-corrected chi connectivity index (χ4v) is 3.47. The molecule has 3 amide bonds. The molecule has 0 saturated heterocycles. The highest BCUT2D eigenvalue weighted by atomic mass is 16.5. The van der Waals surface area contributed by atoms with E-state index in [1.807, 2.05) is 74.5 Å². The van der Waals surface area contributed by atoms with Crippen molar-refractivity contribution in [3.63, 3.8) is 0 Å². The molecule has 0 radical (unpaired) electrons. The zero-order valence-corrected chi connectivity index (χ0v) is 20.2. The van der Waals surface area contributed by atoms with E-state index in [1.54, 1.807) is 17.7 Å². The van der Waals surface area contributed by atoms with Crippen LogP contribution in [0.2, 0.25) is 0 Å². The second-order valence-electron chi connectivity index (χ2n) is 8.31. The van der Waals surface area contributed by atoms with Gasteiger partial charge in [-0.15, -0.1) is 0 Å². The fourth-order valence-electron chi connectivity index (χ4n) is 3.47. The summed E-state index contributed by atoms with van der Waals surface area (Å²) in [7, 11) is 0. The molecule has 0 saturated carbocycles. The number of amides is 3. The number of nitrogens with one attached hydrogen (secondary N) is 2. The lowest BCUT2D eigenvalue weighted by molar-refractivity contribution is -0.141. The minimum atomic E-state index is -0.532. The molecular formula is C26H31N5O4. The third-order valence-corrected chi connectivity index (χ3v) is 4.94. The summed E-state index contributed by atoms with van der Waals surface area (Å²) in [5, 5.41) is 10.1. The Morgan fingerprint density at radius 1 is 1.03 bits per heavy atom. The highest BCUT2D eigenvalue weighted by Crippen LogP contribution is 2.24. The molecule has 0 aliphatic heterocycles. The quantitative estimate of drug-likeness (QED) is 0.433. The Labute approximate surface area is 205 Å². The van der Waals surface area contributed by atoms with Crippen molar-refractivity contribution in [1.29, 1.82) is 0 Å². The lowest BCUT2D eigenvalue weighted by Gasteiger charge is -2.24. The number of hydrogen-bond donors (Lipinski definition) is 2. The number of carbonyl (C=O) groups excluding carboxylic acids is 3. The van der Waals surface area contributed by atoms with Crippen LogP contribution in [0.1, 0.15) is 20.8 Å². The van der Waals surface area contributed by atoms with Crippen molar-refractivity contribution in [2.24, 2.45) is 5.92 Å². The van der Waals surface area contributed by atoms with Crippen LogP contribution in [0.4, 0.5) is 10.6 Å². The van der Waals surface area contributed by atoms with Gasteiger partial charge in [-0.1, -0.05) is 62.4 Å². The number of ether oxygens (including phenoxy) is 1. The van der Waals surface area contributed by atoms with E-state index >= 15 is 0 Å². The van der Waals surface area contributed by atoms with E-state index in [2.05, 4.69) is 10.6 Å². The van der Waals surface area contributed by atoms with Crippen LogP contribution in [0.25, 0.3) is 16.9 Å². The second-order valence-corrected chi connectivity index (χ2v) is 8.31. The third kappa shape index (κ3) is 7.43. The van der Waals surface area contributed by atoms with Gasteiger partial charge in [0.25, 0.3) is 0 Å². The summed E-state index contributed by atoms with van der Waals surface area (Å²) in [5.74, 6) is -0.309. The molecule has 2 aromatic carbocycles. The molecule has 0 spiro atoms. The third-order valence-electron chi connectivity index (χ3n) is 4.94. The van der Waals surface area contributed by atoms with Gasteiger partial charge in [-0.2, -0.15) is 5.10 Å². The van der Waals surface area contributed by atoms with Gasteiger partial charge in [-0.3, -0.25) is 9.59 Å². The number of benzene rings is 2. The molecule has 9 nitrogen and oxygen atoms in total. The molecular weight excluding hydrogens is 446 g/mol. The number of esters is 1. The number of hydrogen-bond acceptors (Lipinski definition) is 5. The Morgan fingerprint density at radius 3 is 2.31 bits per heavy atom. The van der Waals surface area contributed by atoms with Crippen LogP contribution in [-0.2, 0) is 14.3 Å². The molecule has 184 valence electrons. The summed E-state index contributed by atoms with van der Waals surface area (Å²) < 4.78 is 6.51. The van der Waals surface area contributed by atoms with Gasteiger partial charge in [0.15, 0.2) is 0 Å². The molecule has 0 aliphatic rings. The normalized spacial score (nSPS) is 10.6. The Hall–Kier alpha value is -4.14. The van der Waals surface area contributed by atoms with E-state index in [0.29, 0.717) is 18.1 Å². The minimum Gasteiger partial charge on any atom is -0.465 e. The highest BCUT2D eigenvalue weighted by Gasteiger charge is 2.21. The van der Waals surface area contributed by atoms with E-state index in [9.17, 15) is 14.4 Å². The molecule has 0 atom stereocenters. The smallest absolute Gasteiger partial charge is 0.325 e. The number of para-hydroxylation sites is 1. The maximum absolute atomic E-state index is 13.0. The van der Waals surface area contributed by atoms with Crippen LogP contribution in [0.3, 0.4) is 0 Å². The molecule has 0 unspecified atom stereocenters.